The third-order valence-corrected chi connectivity index (χ3v) is 7.79. The lowest BCUT2D eigenvalue weighted by molar-refractivity contribution is -0.202. The zero-order valence-corrected chi connectivity index (χ0v) is 14.7. The van der Waals surface area contributed by atoms with Gasteiger partial charge in [0.25, 0.3) is 0 Å². The smallest absolute Gasteiger partial charge is 0.138 e. The molecule has 0 aliphatic heterocycles. The molecule has 3 rings (SSSR count). The fourth-order valence-corrected chi connectivity index (χ4v) is 6.43. The first kappa shape index (κ1) is 16.2. The van der Waals surface area contributed by atoms with Crippen LogP contribution >= 0.6 is 0 Å². The number of carbonyl (C=O) groups is 1. The first-order valence-corrected chi connectivity index (χ1v) is 8.97. The zero-order valence-electron chi connectivity index (χ0n) is 14.7. The van der Waals surface area contributed by atoms with Gasteiger partial charge in [-0.2, -0.15) is 0 Å². The maximum atomic E-state index is 12.4. The molecule has 0 unspecified atom stereocenters. The fraction of sp³-hybridized carbons (Fsp3) is 0.850. The Morgan fingerprint density at radius 2 is 1.73 bits per heavy atom. The van der Waals surface area contributed by atoms with Crippen LogP contribution in [0, 0.1) is 28.1 Å². The van der Waals surface area contributed by atoms with Crippen LogP contribution < -0.4 is 0 Å². The molecule has 0 saturated heterocycles. The van der Waals surface area contributed by atoms with Crippen LogP contribution in [0.25, 0.3) is 0 Å². The molecule has 0 radical (unpaired) electrons. The first-order chi connectivity index (χ1) is 10.1. The minimum atomic E-state index is -0.567. The van der Waals surface area contributed by atoms with Crippen molar-refractivity contribution < 1.29 is 9.90 Å². The van der Waals surface area contributed by atoms with Crippen molar-refractivity contribution in [2.24, 2.45) is 28.1 Å². The van der Waals surface area contributed by atoms with Crippen molar-refractivity contribution in [3.8, 4) is 0 Å². The second kappa shape index (κ2) is 4.69. The third-order valence-electron chi connectivity index (χ3n) is 7.79. The number of fused-ring (bicyclic) bond motifs is 3. The van der Waals surface area contributed by atoms with E-state index < -0.39 is 5.60 Å². The number of ketones is 1. The van der Waals surface area contributed by atoms with Crippen LogP contribution in [0.3, 0.4) is 0 Å². The second-order valence-corrected chi connectivity index (χ2v) is 9.47. The predicted molar refractivity (Wildman–Crippen MR) is 89.4 cm³/mol. The number of hydrogen-bond donors (Lipinski definition) is 1. The fourth-order valence-electron chi connectivity index (χ4n) is 6.43. The highest BCUT2D eigenvalue weighted by atomic mass is 16.3. The predicted octanol–water partition coefficient (Wildman–Crippen LogP) is 4.52. The normalized spacial score (nSPS) is 50.9. The third kappa shape index (κ3) is 2.06. The summed E-state index contributed by atoms with van der Waals surface area (Å²) in [5, 5.41) is 11.5. The van der Waals surface area contributed by atoms with Crippen LogP contribution in [-0.4, -0.2) is 16.5 Å². The molecular weight excluding hydrogens is 272 g/mol. The zero-order chi connectivity index (χ0) is 16.4. The second-order valence-electron chi connectivity index (χ2n) is 9.47. The van der Waals surface area contributed by atoms with Crippen molar-refractivity contribution in [3.05, 3.63) is 12.7 Å². The van der Waals surface area contributed by atoms with Crippen LogP contribution in [0.2, 0.25) is 0 Å². The van der Waals surface area contributed by atoms with Gasteiger partial charge in [-0.05, 0) is 61.2 Å². The van der Waals surface area contributed by atoms with Crippen molar-refractivity contribution in [3.63, 3.8) is 0 Å². The monoisotopic (exact) mass is 304 g/mol. The average molecular weight is 304 g/mol. The Kier molecular flexibility index (Phi) is 3.46. The van der Waals surface area contributed by atoms with Crippen molar-refractivity contribution in [2.45, 2.75) is 78.2 Å². The quantitative estimate of drug-likeness (QED) is 0.723. The van der Waals surface area contributed by atoms with E-state index in [4.69, 9.17) is 0 Å². The van der Waals surface area contributed by atoms with Gasteiger partial charge in [0.05, 0.1) is 5.60 Å². The molecule has 2 nitrogen and oxygen atoms in total. The van der Waals surface area contributed by atoms with Crippen molar-refractivity contribution in [1.29, 1.82) is 0 Å². The molecule has 3 aliphatic rings. The Balaban J connectivity index is 1.97. The summed E-state index contributed by atoms with van der Waals surface area (Å²) >= 11 is 0. The minimum absolute atomic E-state index is 0.0639. The van der Waals surface area contributed by atoms with Gasteiger partial charge in [0, 0.05) is 11.8 Å². The summed E-state index contributed by atoms with van der Waals surface area (Å²) < 4.78 is 0. The lowest BCUT2D eigenvalue weighted by atomic mass is 9.42. The lowest BCUT2D eigenvalue weighted by Gasteiger charge is -2.64. The van der Waals surface area contributed by atoms with Gasteiger partial charge < -0.3 is 5.11 Å². The van der Waals surface area contributed by atoms with E-state index in [0.717, 1.165) is 38.5 Å². The molecular formula is C20H32O2. The largest absolute Gasteiger partial charge is 0.390 e. The molecule has 22 heavy (non-hydrogen) atoms. The summed E-state index contributed by atoms with van der Waals surface area (Å²) in [7, 11) is 0. The Morgan fingerprint density at radius 3 is 2.36 bits per heavy atom. The highest BCUT2D eigenvalue weighted by Crippen LogP contribution is 2.65. The number of carbonyl (C=O) groups excluding carboxylic acids is 1. The van der Waals surface area contributed by atoms with E-state index in [9.17, 15) is 9.90 Å². The molecule has 0 spiro atoms. The molecule has 1 N–H and O–H groups in total. The molecule has 0 aromatic heterocycles. The molecule has 3 aliphatic carbocycles. The summed E-state index contributed by atoms with van der Waals surface area (Å²) in [5.74, 6) is 1.17. The number of hydrogen-bond acceptors (Lipinski definition) is 2. The van der Waals surface area contributed by atoms with Crippen LogP contribution in [0.15, 0.2) is 12.7 Å². The summed E-state index contributed by atoms with van der Waals surface area (Å²) in [5.41, 5.74) is -0.627. The van der Waals surface area contributed by atoms with Crippen LogP contribution in [0.4, 0.5) is 0 Å². The minimum Gasteiger partial charge on any atom is -0.390 e. The molecule has 5 atom stereocenters. The van der Waals surface area contributed by atoms with Gasteiger partial charge >= 0.3 is 0 Å². The van der Waals surface area contributed by atoms with E-state index in [0.29, 0.717) is 24.0 Å². The lowest BCUT2D eigenvalue weighted by Crippen LogP contribution is -2.62. The summed E-state index contributed by atoms with van der Waals surface area (Å²) in [6.07, 6.45) is 8.53. The Hall–Kier alpha value is -0.630. The summed E-state index contributed by atoms with van der Waals surface area (Å²) in [6, 6.07) is 0. The summed E-state index contributed by atoms with van der Waals surface area (Å²) in [4.78, 5) is 12.4. The van der Waals surface area contributed by atoms with Crippen LogP contribution in [0.1, 0.15) is 72.6 Å². The van der Waals surface area contributed by atoms with Gasteiger partial charge in [-0.15, -0.1) is 6.58 Å². The number of rotatable bonds is 1. The van der Waals surface area contributed by atoms with E-state index in [1.165, 1.54) is 0 Å². The van der Waals surface area contributed by atoms with Gasteiger partial charge in [0.1, 0.15) is 5.78 Å². The molecule has 0 bridgehead atoms. The molecule has 0 aromatic carbocycles. The Morgan fingerprint density at radius 1 is 1.09 bits per heavy atom. The number of allylic oxidation sites excluding steroid dienone is 1. The van der Waals surface area contributed by atoms with Crippen LogP contribution in [0.5, 0.6) is 0 Å². The maximum Gasteiger partial charge on any atom is 0.138 e. The molecule has 124 valence electrons. The highest BCUT2D eigenvalue weighted by Gasteiger charge is 2.63. The maximum absolute atomic E-state index is 12.4. The van der Waals surface area contributed by atoms with Gasteiger partial charge in [-0.25, -0.2) is 0 Å². The molecule has 0 amide bonds. The average Bonchev–Trinajstić information content (AvgIpc) is 2.42. The Bertz CT molecular complexity index is 508. The van der Waals surface area contributed by atoms with Crippen molar-refractivity contribution in [2.75, 3.05) is 0 Å². The van der Waals surface area contributed by atoms with Gasteiger partial charge in [-0.1, -0.05) is 33.8 Å². The molecule has 3 fully saturated rings. The van der Waals surface area contributed by atoms with Gasteiger partial charge in [-0.3, -0.25) is 4.79 Å². The first-order valence-electron chi connectivity index (χ1n) is 8.97. The van der Waals surface area contributed by atoms with Gasteiger partial charge in [0.15, 0.2) is 0 Å². The van der Waals surface area contributed by atoms with Crippen molar-refractivity contribution in [1.82, 2.24) is 0 Å². The van der Waals surface area contributed by atoms with Gasteiger partial charge in [0.2, 0.25) is 0 Å². The van der Waals surface area contributed by atoms with Crippen LogP contribution in [-0.2, 0) is 4.79 Å². The number of aliphatic hydroxyl groups is 1. The molecule has 0 aromatic rings. The molecule has 3 saturated carbocycles. The molecule has 0 heterocycles. The van der Waals surface area contributed by atoms with Crippen molar-refractivity contribution >= 4 is 5.78 Å². The van der Waals surface area contributed by atoms with E-state index >= 15 is 0 Å². The SMILES string of the molecule is C=C[C@@]1(C)CC[C@H]2[C@@](O)(CC[C@H]3C(C)(C)C(=O)CC[C@@]32C)C1. The number of Topliss-reactive ketones (excluding diaryl/α,β-unsaturated/α-hetero) is 1. The highest BCUT2D eigenvalue weighted by molar-refractivity contribution is 5.85. The topological polar surface area (TPSA) is 37.3 Å². The summed E-state index contributed by atoms with van der Waals surface area (Å²) in [6.45, 7) is 12.9. The standard InChI is InChI=1S/C20H32O2/c1-6-18(4)10-7-15-19(5)11-9-16(21)17(2,3)14(19)8-12-20(15,22)13-18/h6,14-15,22H,1,7-13H2,2-5H3/t14-,15+,18-,19-,20+/m0/s1. The Labute approximate surface area is 135 Å². The van der Waals surface area contributed by atoms with E-state index in [2.05, 4.69) is 34.3 Å². The van der Waals surface area contributed by atoms with E-state index in [1.54, 1.807) is 0 Å². The van der Waals surface area contributed by atoms with E-state index in [1.807, 2.05) is 6.08 Å². The molecule has 2 heteroatoms. The van der Waals surface area contributed by atoms with E-state index in [-0.39, 0.29) is 16.2 Å².